The molecule has 0 N–H and O–H groups in total. The van der Waals surface area contributed by atoms with Crippen molar-refractivity contribution in [3.63, 3.8) is 0 Å². The van der Waals surface area contributed by atoms with E-state index in [1.165, 1.54) is 5.56 Å². The smallest absolute Gasteiger partial charge is 0.223 e. The van der Waals surface area contributed by atoms with Gasteiger partial charge in [0.05, 0.1) is 10.7 Å². The van der Waals surface area contributed by atoms with Crippen molar-refractivity contribution in [1.29, 1.82) is 0 Å². The Morgan fingerprint density at radius 3 is 2.84 bits per heavy atom. The van der Waals surface area contributed by atoms with E-state index in [1.807, 2.05) is 18.2 Å². The third-order valence-corrected chi connectivity index (χ3v) is 7.15. The van der Waals surface area contributed by atoms with E-state index in [9.17, 15) is 4.79 Å². The van der Waals surface area contributed by atoms with Crippen LogP contribution >= 0.6 is 11.3 Å². The molecule has 1 fully saturated rings. The van der Waals surface area contributed by atoms with E-state index in [0.29, 0.717) is 23.8 Å². The van der Waals surface area contributed by atoms with Gasteiger partial charge in [0.1, 0.15) is 0 Å². The van der Waals surface area contributed by atoms with Crippen LogP contribution in [0.15, 0.2) is 41.1 Å². The summed E-state index contributed by atoms with van der Waals surface area (Å²) in [7, 11) is 0. The lowest BCUT2D eigenvalue weighted by molar-refractivity contribution is -0.120. The summed E-state index contributed by atoms with van der Waals surface area (Å²) in [6, 6.07) is 10.1. The van der Waals surface area contributed by atoms with Crippen molar-refractivity contribution in [2.75, 3.05) is 11.4 Å². The summed E-state index contributed by atoms with van der Waals surface area (Å²) in [5.41, 5.74) is 3.91. The lowest BCUT2D eigenvalue weighted by Crippen LogP contribution is -2.36. The van der Waals surface area contributed by atoms with E-state index in [0.717, 1.165) is 53.2 Å². The number of aromatic nitrogens is 4. The van der Waals surface area contributed by atoms with Crippen LogP contribution in [-0.2, 0) is 17.6 Å². The zero-order valence-corrected chi connectivity index (χ0v) is 19.1. The first-order valence-electron chi connectivity index (χ1n) is 11.1. The molecule has 1 aromatic carbocycles. The standard InChI is InChI=1S/C24H25N5O2S/c1-3-17-18(22-26-15(2)31-28-22)14-25-23-21(17)32-24(27-23)29-13-7-10-19(29)20(30)12-11-16-8-5-4-6-9-16/h4-6,8-9,14,19H,3,7,10-13H2,1-2H3/t19-/m1/s1. The number of rotatable bonds is 7. The van der Waals surface area contributed by atoms with Gasteiger partial charge in [0.15, 0.2) is 16.6 Å². The Labute approximate surface area is 190 Å². The highest BCUT2D eigenvalue weighted by Gasteiger charge is 2.32. The van der Waals surface area contributed by atoms with Crippen molar-refractivity contribution in [3.8, 4) is 11.4 Å². The molecule has 3 aromatic heterocycles. The molecule has 0 radical (unpaired) electrons. The highest BCUT2D eigenvalue weighted by atomic mass is 32.1. The fraction of sp³-hybridized carbons (Fsp3) is 0.375. The molecule has 1 aliphatic rings. The molecule has 8 heteroatoms. The van der Waals surface area contributed by atoms with Crippen LogP contribution in [0.2, 0.25) is 0 Å². The Morgan fingerprint density at radius 1 is 1.25 bits per heavy atom. The molecule has 1 saturated heterocycles. The van der Waals surface area contributed by atoms with E-state index in [1.54, 1.807) is 24.5 Å². The molecular formula is C24H25N5O2S. The largest absolute Gasteiger partial charge is 0.339 e. The maximum absolute atomic E-state index is 13.1. The Balaban J connectivity index is 1.41. The Morgan fingerprint density at radius 2 is 2.09 bits per heavy atom. The number of hydrogen-bond acceptors (Lipinski definition) is 8. The third kappa shape index (κ3) is 3.90. The third-order valence-electron chi connectivity index (χ3n) is 6.01. The van der Waals surface area contributed by atoms with Gasteiger partial charge in [0, 0.05) is 31.6 Å². The number of carbonyl (C=O) groups excluding carboxylic acids is 1. The van der Waals surface area contributed by atoms with Crippen molar-refractivity contribution >= 4 is 32.6 Å². The number of ketones is 1. The molecule has 164 valence electrons. The number of thiazole rings is 1. The number of pyridine rings is 1. The first kappa shape index (κ1) is 20.8. The maximum Gasteiger partial charge on any atom is 0.223 e. The van der Waals surface area contributed by atoms with Gasteiger partial charge >= 0.3 is 0 Å². The van der Waals surface area contributed by atoms with Gasteiger partial charge in [-0.15, -0.1) is 0 Å². The van der Waals surface area contributed by atoms with Crippen molar-refractivity contribution < 1.29 is 9.32 Å². The van der Waals surface area contributed by atoms with Crippen molar-refractivity contribution in [3.05, 3.63) is 53.5 Å². The van der Waals surface area contributed by atoms with Crippen molar-refractivity contribution in [2.24, 2.45) is 0 Å². The highest BCUT2D eigenvalue weighted by Crippen LogP contribution is 2.37. The SMILES string of the molecule is CCc1c(-c2noc(C)n2)cnc2nc(N3CCC[C@@H]3C(=O)CCc3ccccc3)sc12. The number of carbonyl (C=O) groups is 1. The number of benzene rings is 1. The van der Waals surface area contributed by atoms with E-state index < -0.39 is 0 Å². The molecular weight excluding hydrogens is 422 g/mol. The second-order valence-corrected chi connectivity index (χ2v) is 9.07. The van der Waals surface area contributed by atoms with Gasteiger partial charge in [-0.3, -0.25) is 4.79 Å². The van der Waals surface area contributed by atoms with Crippen LogP contribution in [0.5, 0.6) is 0 Å². The van der Waals surface area contributed by atoms with E-state index in [-0.39, 0.29) is 11.8 Å². The lowest BCUT2D eigenvalue weighted by Gasteiger charge is -2.22. The molecule has 1 aliphatic heterocycles. The summed E-state index contributed by atoms with van der Waals surface area (Å²) >= 11 is 1.61. The zero-order valence-electron chi connectivity index (χ0n) is 18.2. The number of hydrogen-bond donors (Lipinski definition) is 0. The molecule has 32 heavy (non-hydrogen) atoms. The first-order valence-corrected chi connectivity index (χ1v) is 11.9. The molecule has 0 saturated carbocycles. The minimum Gasteiger partial charge on any atom is -0.339 e. The normalized spacial score (nSPS) is 16.2. The molecule has 1 atom stereocenters. The molecule has 0 bridgehead atoms. The minimum atomic E-state index is -0.108. The number of nitrogens with zero attached hydrogens (tertiary/aromatic N) is 5. The molecule has 4 heterocycles. The number of fused-ring (bicyclic) bond motifs is 1. The summed E-state index contributed by atoms with van der Waals surface area (Å²) in [4.78, 5) is 29.0. The van der Waals surface area contributed by atoms with Gasteiger partial charge in [-0.05, 0) is 36.8 Å². The summed E-state index contributed by atoms with van der Waals surface area (Å²) in [5, 5.41) is 4.94. The molecule has 0 unspecified atom stereocenters. The number of Topliss-reactive ketones (excluding diaryl/α,β-unsaturated/α-hetero) is 1. The van der Waals surface area contributed by atoms with Crippen molar-refractivity contribution in [2.45, 2.75) is 52.0 Å². The van der Waals surface area contributed by atoms with Gasteiger partial charge < -0.3 is 9.42 Å². The van der Waals surface area contributed by atoms with E-state index in [2.05, 4.69) is 39.1 Å². The van der Waals surface area contributed by atoms with Crippen LogP contribution in [0.3, 0.4) is 0 Å². The Hall–Kier alpha value is -3.13. The Bertz CT molecular complexity index is 1250. The number of aryl methyl sites for hydroxylation is 3. The quantitative estimate of drug-likeness (QED) is 0.403. The predicted molar refractivity (Wildman–Crippen MR) is 125 cm³/mol. The van der Waals surface area contributed by atoms with Gasteiger partial charge in [-0.25, -0.2) is 4.98 Å². The van der Waals surface area contributed by atoms with Gasteiger partial charge in [-0.2, -0.15) is 9.97 Å². The van der Waals surface area contributed by atoms with Crippen LogP contribution < -0.4 is 4.90 Å². The molecule has 7 nitrogen and oxygen atoms in total. The topological polar surface area (TPSA) is 85.0 Å². The minimum absolute atomic E-state index is 0.108. The van der Waals surface area contributed by atoms with Crippen molar-refractivity contribution in [1.82, 2.24) is 20.1 Å². The molecule has 4 aromatic rings. The molecule has 0 amide bonds. The fourth-order valence-corrected chi connectivity index (χ4v) is 5.61. The van der Waals surface area contributed by atoms with Gasteiger partial charge in [0.2, 0.25) is 11.7 Å². The lowest BCUT2D eigenvalue weighted by atomic mass is 10.0. The molecule has 0 aliphatic carbocycles. The van der Waals surface area contributed by atoms with Gasteiger partial charge in [0.25, 0.3) is 0 Å². The summed E-state index contributed by atoms with van der Waals surface area (Å²) in [5.74, 6) is 1.37. The predicted octanol–water partition coefficient (Wildman–Crippen LogP) is 4.78. The van der Waals surface area contributed by atoms with Gasteiger partial charge in [-0.1, -0.05) is 53.7 Å². The van der Waals surface area contributed by atoms with E-state index in [4.69, 9.17) is 9.51 Å². The zero-order chi connectivity index (χ0) is 22.1. The maximum atomic E-state index is 13.1. The summed E-state index contributed by atoms with van der Waals surface area (Å²) < 4.78 is 6.20. The molecule has 0 spiro atoms. The van der Waals surface area contributed by atoms with Crippen LogP contribution in [-0.4, -0.2) is 38.5 Å². The van der Waals surface area contributed by atoms with Crippen LogP contribution in [0.4, 0.5) is 5.13 Å². The average molecular weight is 448 g/mol. The summed E-state index contributed by atoms with van der Waals surface area (Å²) in [6.45, 7) is 4.73. The highest BCUT2D eigenvalue weighted by molar-refractivity contribution is 7.22. The Kier molecular flexibility index (Phi) is 5.70. The first-order chi connectivity index (χ1) is 15.6. The summed E-state index contributed by atoms with van der Waals surface area (Å²) in [6.07, 6.45) is 5.79. The van der Waals surface area contributed by atoms with E-state index >= 15 is 0 Å². The van der Waals surface area contributed by atoms with Crippen LogP contribution in [0.25, 0.3) is 21.7 Å². The van der Waals surface area contributed by atoms with Crippen LogP contribution in [0.1, 0.15) is 43.2 Å². The van der Waals surface area contributed by atoms with Crippen LogP contribution in [0, 0.1) is 6.92 Å². The monoisotopic (exact) mass is 447 g/mol. The molecule has 5 rings (SSSR count). The fourth-order valence-electron chi connectivity index (χ4n) is 4.40. The average Bonchev–Trinajstić information content (AvgIpc) is 3.56. The number of anilines is 1. The second-order valence-electron chi connectivity index (χ2n) is 8.09. The second kappa shape index (κ2) is 8.78.